The van der Waals surface area contributed by atoms with Gasteiger partial charge in [-0.3, -0.25) is 4.79 Å². The predicted molar refractivity (Wildman–Crippen MR) is 91.8 cm³/mol. The molecule has 1 rings (SSSR count). The molecule has 2 amide bonds. The van der Waals surface area contributed by atoms with Gasteiger partial charge in [0.2, 0.25) is 0 Å². The van der Waals surface area contributed by atoms with E-state index in [9.17, 15) is 9.59 Å². The van der Waals surface area contributed by atoms with Gasteiger partial charge in [-0.1, -0.05) is 29.3 Å². The Labute approximate surface area is 146 Å². The van der Waals surface area contributed by atoms with E-state index in [1.165, 1.54) is 7.11 Å². The average Bonchev–Trinajstić information content (AvgIpc) is 2.54. The van der Waals surface area contributed by atoms with Gasteiger partial charge in [0.15, 0.2) is 0 Å². The van der Waals surface area contributed by atoms with Gasteiger partial charge >= 0.3 is 12.0 Å². The lowest BCUT2D eigenvalue weighted by molar-refractivity contribution is -0.140. The highest BCUT2D eigenvalue weighted by Crippen LogP contribution is 2.23. The second-order valence-electron chi connectivity index (χ2n) is 5.03. The Balaban J connectivity index is 2.39. The largest absolute Gasteiger partial charge is 0.469 e. The van der Waals surface area contributed by atoms with E-state index in [-0.39, 0.29) is 12.0 Å². The van der Waals surface area contributed by atoms with Gasteiger partial charge in [-0.25, -0.2) is 4.79 Å². The van der Waals surface area contributed by atoms with Crippen molar-refractivity contribution >= 4 is 35.2 Å². The van der Waals surface area contributed by atoms with E-state index in [0.717, 1.165) is 12.0 Å². The molecule has 0 heterocycles. The number of nitrogens with zero attached hydrogens (tertiary/aromatic N) is 1. The first kappa shape index (κ1) is 19.6. The zero-order valence-corrected chi connectivity index (χ0v) is 14.9. The molecule has 0 radical (unpaired) electrons. The summed E-state index contributed by atoms with van der Waals surface area (Å²) in [5, 5.41) is 3.82. The molecule has 0 saturated heterocycles. The summed E-state index contributed by atoms with van der Waals surface area (Å²) in [6, 6.07) is 5.19. The fourth-order valence-electron chi connectivity index (χ4n) is 1.99. The number of carbonyl (C=O) groups excluding carboxylic acids is 2. The molecule has 0 aliphatic carbocycles. The molecule has 0 aromatic heterocycles. The minimum absolute atomic E-state index is 0.142. The maximum absolute atomic E-state index is 12.1. The van der Waals surface area contributed by atoms with Crippen LogP contribution in [0, 0.1) is 0 Å². The number of ether oxygens (including phenoxy) is 1. The van der Waals surface area contributed by atoms with Gasteiger partial charge < -0.3 is 15.0 Å². The molecular formula is C16H22Cl2N2O3. The fourth-order valence-corrected chi connectivity index (χ4v) is 2.31. The van der Waals surface area contributed by atoms with Crippen molar-refractivity contribution in [2.24, 2.45) is 0 Å². The average molecular weight is 361 g/mol. The molecule has 0 fully saturated rings. The van der Waals surface area contributed by atoms with E-state index in [4.69, 9.17) is 23.2 Å². The number of methoxy groups -OCH3 is 1. The predicted octanol–water partition coefficient (Wildman–Crippen LogP) is 3.87. The quantitative estimate of drug-likeness (QED) is 0.565. The molecule has 0 aliphatic heterocycles. The zero-order valence-electron chi connectivity index (χ0n) is 13.4. The summed E-state index contributed by atoms with van der Waals surface area (Å²) in [6.07, 6.45) is 1.78. The van der Waals surface area contributed by atoms with Crippen molar-refractivity contribution in [1.29, 1.82) is 0 Å². The molecule has 1 N–H and O–H groups in total. The number of carbonyl (C=O) groups is 2. The summed E-state index contributed by atoms with van der Waals surface area (Å²) in [5.41, 5.74) is 0.919. The van der Waals surface area contributed by atoms with E-state index in [0.29, 0.717) is 42.5 Å². The maximum atomic E-state index is 12.1. The van der Waals surface area contributed by atoms with E-state index in [1.807, 2.05) is 13.0 Å². The van der Waals surface area contributed by atoms with Crippen LogP contribution in [-0.4, -0.2) is 37.1 Å². The molecule has 0 aliphatic rings. The standard InChI is InChI=1S/C16H22Cl2N2O3/c1-3-20(11-12-7-8-13(17)14(18)10-12)16(22)19-9-5-4-6-15(21)23-2/h7-8,10H,3-6,9,11H2,1-2H3,(H,19,22). The van der Waals surface area contributed by atoms with Crippen LogP contribution in [0.1, 0.15) is 31.7 Å². The highest BCUT2D eigenvalue weighted by molar-refractivity contribution is 6.42. The minimum atomic E-state index is -0.230. The second-order valence-corrected chi connectivity index (χ2v) is 5.84. The summed E-state index contributed by atoms with van der Waals surface area (Å²) in [7, 11) is 1.37. The third kappa shape index (κ3) is 7.10. The Bertz CT molecular complexity index is 538. The molecule has 0 atom stereocenters. The third-order valence-corrected chi connectivity index (χ3v) is 4.08. The molecule has 23 heavy (non-hydrogen) atoms. The summed E-state index contributed by atoms with van der Waals surface area (Å²) < 4.78 is 4.56. The molecule has 0 saturated carbocycles. The smallest absolute Gasteiger partial charge is 0.317 e. The summed E-state index contributed by atoms with van der Waals surface area (Å²) in [4.78, 5) is 24.8. The van der Waals surface area contributed by atoms with Crippen LogP contribution in [0.2, 0.25) is 10.0 Å². The molecule has 0 spiro atoms. The van der Waals surface area contributed by atoms with Crippen molar-refractivity contribution in [2.75, 3.05) is 20.2 Å². The highest BCUT2D eigenvalue weighted by Gasteiger charge is 2.12. The number of esters is 1. The fraction of sp³-hybridized carbons (Fsp3) is 0.500. The lowest BCUT2D eigenvalue weighted by atomic mass is 10.2. The Kier molecular flexibility index (Phi) is 8.81. The topological polar surface area (TPSA) is 58.6 Å². The summed E-state index contributed by atoms with van der Waals surface area (Å²) in [6.45, 7) is 3.47. The number of benzene rings is 1. The number of halogens is 2. The van der Waals surface area contributed by atoms with Gasteiger partial charge in [-0.05, 0) is 37.5 Å². The van der Waals surface area contributed by atoms with Crippen molar-refractivity contribution in [3.05, 3.63) is 33.8 Å². The molecule has 7 heteroatoms. The highest BCUT2D eigenvalue weighted by atomic mass is 35.5. The number of hydrogen-bond acceptors (Lipinski definition) is 3. The van der Waals surface area contributed by atoms with Crippen LogP contribution in [0.5, 0.6) is 0 Å². The number of amides is 2. The molecule has 128 valence electrons. The van der Waals surface area contributed by atoms with Gasteiger partial charge in [-0.15, -0.1) is 0 Å². The minimum Gasteiger partial charge on any atom is -0.469 e. The van der Waals surface area contributed by atoms with E-state index >= 15 is 0 Å². The van der Waals surface area contributed by atoms with Crippen molar-refractivity contribution in [2.45, 2.75) is 32.7 Å². The molecule has 1 aromatic carbocycles. The van der Waals surface area contributed by atoms with Crippen molar-refractivity contribution < 1.29 is 14.3 Å². The Hall–Kier alpha value is -1.46. The second kappa shape index (κ2) is 10.3. The molecule has 0 bridgehead atoms. The SMILES string of the molecule is CCN(Cc1ccc(Cl)c(Cl)c1)C(=O)NCCCCC(=O)OC. The van der Waals surface area contributed by atoms with E-state index in [2.05, 4.69) is 10.1 Å². The zero-order chi connectivity index (χ0) is 17.2. The summed E-state index contributed by atoms with van der Waals surface area (Å²) in [5.74, 6) is -0.230. The van der Waals surface area contributed by atoms with Gasteiger partial charge in [0.05, 0.1) is 17.2 Å². The monoisotopic (exact) mass is 360 g/mol. The number of hydrogen-bond donors (Lipinski definition) is 1. The molecule has 5 nitrogen and oxygen atoms in total. The van der Waals surface area contributed by atoms with Gasteiger partial charge in [0, 0.05) is 26.1 Å². The first-order valence-electron chi connectivity index (χ1n) is 7.51. The summed E-state index contributed by atoms with van der Waals surface area (Å²) >= 11 is 11.9. The lowest BCUT2D eigenvalue weighted by Gasteiger charge is -2.21. The maximum Gasteiger partial charge on any atom is 0.317 e. The van der Waals surface area contributed by atoms with Gasteiger partial charge in [0.1, 0.15) is 0 Å². The Morgan fingerprint density at radius 3 is 2.57 bits per heavy atom. The number of urea groups is 1. The molecule has 1 aromatic rings. The van der Waals surface area contributed by atoms with Crippen LogP contribution in [0.25, 0.3) is 0 Å². The van der Waals surface area contributed by atoms with Crippen molar-refractivity contribution in [1.82, 2.24) is 10.2 Å². The van der Waals surface area contributed by atoms with Crippen LogP contribution >= 0.6 is 23.2 Å². The van der Waals surface area contributed by atoms with Crippen LogP contribution in [0.15, 0.2) is 18.2 Å². The number of unbranched alkanes of at least 4 members (excludes halogenated alkanes) is 1. The van der Waals surface area contributed by atoms with Crippen LogP contribution in [-0.2, 0) is 16.1 Å². The van der Waals surface area contributed by atoms with Crippen molar-refractivity contribution in [3.63, 3.8) is 0 Å². The number of nitrogens with one attached hydrogen (secondary N) is 1. The Morgan fingerprint density at radius 2 is 1.96 bits per heavy atom. The first-order chi connectivity index (χ1) is 11.0. The van der Waals surface area contributed by atoms with E-state index < -0.39 is 0 Å². The normalized spacial score (nSPS) is 10.3. The first-order valence-corrected chi connectivity index (χ1v) is 8.27. The number of rotatable bonds is 8. The van der Waals surface area contributed by atoms with Crippen LogP contribution < -0.4 is 5.32 Å². The third-order valence-electron chi connectivity index (χ3n) is 3.34. The molecule has 0 unspecified atom stereocenters. The Morgan fingerprint density at radius 1 is 1.22 bits per heavy atom. The van der Waals surface area contributed by atoms with Crippen LogP contribution in [0.4, 0.5) is 4.79 Å². The van der Waals surface area contributed by atoms with E-state index in [1.54, 1.807) is 17.0 Å². The van der Waals surface area contributed by atoms with Gasteiger partial charge in [-0.2, -0.15) is 0 Å². The van der Waals surface area contributed by atoms with Crippen molar-refractivity contribution in [3.8, 4) is 0 Å². The van der Waals surface area contributed by atoms with Gasteiger partial charge in [0.25, 0.3) is 0 Å². The molecular weight excluding hydrogens is 339 g/mol. The van der Waals surface area contributed by atoms with Crippen LogP contribution in [0.3, 0.4) is 0 Å². The lowest BCUT2D eigenvalue weighted by Crippen LogP contribution is -2.39.